The molecule has 2 atom stereocenters. The fourth-order valence-corrected chi connectivity index (χ4v) is 10.5. The molecule has 0 aromatic rings. The van der Waals surface area contributed by atoms with E-state index < -0.39 is 26.5 Å². The van der Waals surface area contributed by atoms with Gasteiger partial charge < -0.3 is 20.1 Å². The Morgan fingerprint density at radius 1 is 0.405 bits per heavy atom. The van der Waals surface area contributed by atoms with Crippen molar-refractivity contribution in [3.8, 4) is 0 Å². The number of carbonyl (C=O) groups is 2. The topological polar surface area (TPSA) is 134 Å². The molecule has 0 saturated heterocycles. The number of rotatable bonds is 62. The minimum Gasteiger partial charge on any atom is -0.462 e. The zero-order valence-electron chi connectivity index (χ0n) is 49.1. The van der Waals surface area contributed by atoms with Crippen molar-refractivity contribution in [2.24, 2.45) is 5.73 Å². The monoisotopic (exact) mass is 1070 g/mol. The van der Waals surface area contributed by atoms with E-state index in [4.69, 9.17) is 24.3 Å². The van der Waals surface area contributed by atoms with Crippen LogP contribution in [0.2, 0.25) is 0 Å². The maximum atomic E-state index is 12.6. The van der Waals surface area contributed by atoms with Crippen LogP contribution >= 0.6 is 7.82 Å². The van der Waals surface area contributed by atoms with Crippen LogP contribution in [0.4, 0.5) is 0 Å². The fraction of sp³-hybridized carbons (Fsp3) is 0.906. The average Bonchev–Trinajstić information content (AvgIpc) is 3.39. The van der Waals surface area contributed by atoms with Gasteiger partial charge in [0.05, 0.1) is 13.2 Å². The van der Waals surface area contributed by atoms with Crippen LogP contribution in [-0.4, -0.2) is 49.3 Å². The summed E-state index contributed by atoms with van der Waals surface area (Å²) in [7, 11) is -4.39. The van der Waals surface area contributed by atoms with Crippen LogP contribution < -0.4 is 5.73 Å². The first kappa shape index (κ1) is 72.5. The Bertz CT molecular complexity index is 1260. The van der Waals surface area contributed by atoms with Gasteiger partial charge in [-0.3, -0.25) is 18.6 Å². The van der Waals surface area contributed by atoms with Gasteiger partial charge in [0.15, 0.2) is 6.10 Å². The van der Waals surface area contributed by atoms with Crippen LogP contribution in [-0.2, 0) is 32.7 Å². The first-order chi connectivity index (χ1) is 36.3. The van der Waals surface area contributed by atoms with Gasteiger partial charge in [-0.1, -0.05) is 314 Å². The Hall–Kier alpha value is -1.51. The molecule has 438 valence electrons. The molecule has 9 nitrogen and oxygen atoms in total. The first-order valence-electron chi connectivity index (χ1n) is 32.3. The lowest BCUT2D eigenvalue weighted by Gasteiger charge is -2.19. The van der Waals surface area contributed by atoms with Crippen LogP contribution in [0.5, 0.6) is 0 Å². The van der Waals surface area contributed by atoms with Crippen molar-refractivity contribution >= 4 is 19.8 Å². The van der Waals surface area contributed by atoms with Gasteiger partial charge in [0.25, 0.3) is 0 Å². The lowest BCUT2D eigenvalue weighted by Crippen LogP contribution is -2.29. The molecule has 0 aliphatic heterocycles. The van der Waals surface area contributed by atoms with E-state index in [2.05, 4.69) is 38.2 Å². The lowest BCUT2D eigenvalue weighted by molar-refractivity contribution is -0.161. The smallest absolute Gasteiger partial charge is 0.462 e. The first-order valence-corrected chi connectivity index (χ1v) is 33.8. The number of esters is 2. The minimum atomic E-state index is -4.39. The van der Waals surface area contributed by atoms with E-state index in [0.29, 0.717) is 6.42 Å². The van der Waals surface area contributed by atoms with E-state index in [0.717, 1.165) is 64.2 Å². The summed E-state index contributed by atoms with van der Waals surface area (Å²) in [6.07, 6.45) is 73.0. The molecule has 74 heavy (non-hydrogen) atoms. The molecule has 0 amide bonds. The van der Waals surface area contributed by atoms with Crippen LogP contribution in [0.3, 0.4) is 0 Å². The molecule has 0 aromatic heterocycles. The number of nitrogens with two attached hydrogens (primary N) is 1. The summed E-state index contributed by atoms with van der Waals surface area (Å²) in [6.45, 7) is 3.73. The van der Waals surface area contributed by atoms with Gasteiger partial charge in [0.2, 0.25) is 0 Å². The van der Waals surface area contributed by atoms with Crippen molar-refractivity contribution < 1.29 is 37.6 Å². The third kappa shape index (κ3) is 59.7. The molecule has 0 aromatic carbocycles. The quantitative estimate of drug-likeness (QED) is 0.0264. The van der Waals surface area contributed by atoms with Crippen LogP contribution in [0.15, 0.2) is 24.3 Å². The van der Waals surface area contributed by atoms with E-state index in [1.807, 2.05) is 0 Å². The summed E-state index contributed by atoms with van der Waals surface area (Å²) < 4.78 is 33.0. The van der Waals surface area contributed by atoms with Gasteiger partial charge in [-0.2, -0.15) is 0 Å². The van der Waals surface area contributed by atoms with E-state index in [-0.39, 0.29) is 38.6 Å². The third-order valence-electron chi connectivity index (χ3n) is 14.6. The van der Waals surface area contributed by atoms with Crippen LogP contribution in [0, 0.1) is 0 Å². The van der Waals surface area contributed by atoms with Gasteiger partial charge in [0, 0.05) is 19.4 Å². The highest BCUT2D eigenvalue weighted by molar-refractivity contribution is 7.47. The van der Waals surface area contributed by atoms with Crippen molar-refractivity contribution in [3.05, 3.63) is 24.3 Å². The van der Waals surface area contributed by atoms with E-state index in [1.165, 1.54) is 244 Å². The SMILES string of the molecule is CCCC/C=C\C/C=C\CCCCCCCC(=O)OC(COC(=O)CCCCCCCCCCCCCCCCCCCCCCCCCCCCCCCCCCCCCCCCC)COP(=O)(O)OCCN. The Kier molecular flexibility index (Phi) is 59.5. The van der Waals surface area contributed by atoms with Crippen molar-refractivity contribution in [3.63, 3.8) is 0 Å². The molecular weight excluding hydrogens is 942 g/mol. The van der Waals surface area contributed by atoms with Crippen molar-refractivity contribution in [2.75, 3.05) is 26.4 Å². The number of hydrogen-bond donors (Lipinski definition) is 2. The van der Waals surface area contributed by atoms with Crippen LogP contribution in [0.1, 0.15) is 341 Å². The molecule has 0 rings (SSSR count). The average molecular weight is 1070 g/mol. The second kappa shape index (κ2) is 60.7. The van der Waals surface area contributed by atoms with Gasteiger partial charge >= 0.3 is 19.8 Å². The zero-order valence-corrected chi connectivity index (χ0v) is 50.0. The number of ether oxygens (including phenoxy) is 2. The molecule has 2 unspecified atom stereocenters. The molecule has 10 heteroatoms. The lowest BCUT2D eigenvalue weighted by atomic mass is 10.0. The van der Waals surface area contributed by atoms with Crippen molar-refractivity contribution in [1.82, 2.24) is 0 Å². The highest BCUT2D eigenvalue weighted by Gasteiger charge is 2.26. The van der Waals surface area contributed by atoms with E-state index in [9.17, 15) is 19.0 Å². The molecule has 3 N–H and O–H groups in total. The summed E-state index contributed by atoms with van der Waals surface area (Å²) in [5.74, 6) is -0.829. The Balaban J connectivity index is 3.69. The number of phosphoric acid groups is 1. The highest BCUT2D eigenvalue weighted by Crippen LogP contribution is 2.43. The molecule has 0 saturated carbocycles. The highest BCUT2D eigenvalue weighted by atomic mass is 31.2. The molecular formula is C64H124NO8P. The molecule has 0 fully saturated rings. The van der Waals surface area contributed by atoms with Gasteiger partial charge in [-0.25, -0.2) is 4.57 Å². The summed E-state index contributed by atoms with van der Waals surface area (Å²) in [4.78, 5) is 35.1. The largest absolute Gasteiger partial charge is 0.472 e. The molecule has 0 bridgehead atoms. The molecule has 0 aliphatic rings. The van der Waals surface area contributed by atoms with Gasteiger partial charge in [0.1, 0.15) is 6.61 Å². The van der Waals surface area contributed by atoms with Crippen molar-refractivity contribution in [1.29, 1.82) is 0 Å². The van der Waals surface area contributed by atoms with E-state index >= 15 is 0 Å². The summed E-state index contributed by atoms with van der Waals surface area (Å²) in [6, 6.07) is 0. The zero-order chi connectivity index (χ0) is 53.8. The maximum absolute atomic E-state index is 12.6. The van der Waals surface area contributed by atoms with Gasteiger partial charge in [-0.15, -0.1) is 0 Å². The number of hydrogen-bond acceptors (Lipinski definition) is 8. The molecule has 0 heterocycles. The summed E-state index contributed by atoms with van der Waals surface area (Å²) >= 11 is 0. The van der Waals surface area contributed by atoms with Crippen LogP contribution in [0.25, 0.3) is 0 Å². The number of phosphoric ester groups is 1. The minimum absolute atomic E-state index is 0.0528. The molecule has 0 aliphatic carbocycles. The normalized spacial score (nSPS) is 13.1. The maximum Gasteiger partial charge on any atom is 0.472 e. The number of unbranched alkanes of at least 4 members (excludes halogenated alkanes) is 45. The molecule has 0 radical (unpaired) electrons. The second-order valence-corrected chi connectivity index (χ2v) is 23.4. The fourth-order valence-electron chi connectivity index (χ4n) is 9.78. The van der Waals surface area contributed by atoms with Crippen molar-refractivity contribution in [2.45, 2.75) is 347 Å². The third-order valence-corrected chi connectivity index (χ3v) is 15.6. The Morgan fingerprint density at radius 2 is 0.716 bits per heavy atom. The molecule has 0 spiro atoms. The standard InChI is InChI=1S/C64H124NO8P/c1-3-5-7-9-11-13-15-17-19-20-21-22-23-24-25-26-27-28-29-30-31-32-33-34-35-36-37-38-39-40-41-42-43-45-46-48-50-52-54-56-63(66)70-60-62(61-72-74(68,69)71-59-58-65)73-64(67)57-55-53-51-49-47-44-18-16-14-12-10-8-6-4-2/h10,12,16,18,62H,3-9,11,13-15,17,19-61,65H2,1-2H3,(H,68,69)/b12-10-,18-16-. The van der Waals surface area contributed by atoms with E-state index in [1.54, 1.807) is 0 Å². The predicted octanol–water partition coefficient (Wildman–Crippen LogP) is 20.6. The Labute approximate surface area is 459 Å². The second-order valence-electron chi connectivity index (χ2n) is 22.0. The Morgan fingerprint density at radius 3 is 1.07 bits per heavy atom. The number of carbonyl (C=O) groups excluding carboxylic acids is 2. The summed E-state index contributed by atoms with van der Waals surface area (Å²) in [5, 5.41) is 0. The number of allylic oxidation sites excluding steroid dienone is 4. The summed E-state index contributed by atoms with van der Waals surface area (Å²) in [5.41, 5.74) is 5.38. The van der Waals surface area contributed by atoms with Gasteiger partial charge in [-0.05, 0) is 38.5 Å². The predicted molar refractivity (Wildman–Crippen MR) is 317 cm³/mol.